The van der Waals surface area contributed by atoms with Crippen molar-refractivity contribution in [3.63, 3.8) is 0 Å². The van der Waals surface area contributed by atoms with Gasteiger partial charge in [0, 0.05) is 5.54 Å². The molecule has 1 aromatic carbocycles. The summed E-state index contributed by atoms with van der Waals surface area (Å²) in [6, 6.07) is 5.26. The summed E-state index contributed by atoms with van der Waals surface area (Å²) >= 11 is 0. The first-order valence-corrected chi connectivity index (χ1v) is 4.67. The molecule has 0 aliphatic carbocycles. The molecular formula is C11H17NO2. The molecule has 0 bridgehead atoms. The van der Waals surface area contributed by atoms with Gasteiger partial charge in [-0.05, 0) is 31.0 Å². The third-order valence-electron chi connectivity index (χ3n) is 2.57. The van der Waals surface area contributed by atoms with E-state index in [1.807, 2.05) is 19.9 Å². The molecule has 0 radical (unpaired) electrons. The van der Waals surface area contributed by atoms with E-state index in [1.165, 1.54) is 7.11 Å². The van der Waals surface area contributed by atoms with Crippen LogP contribution < -0.4 is 10.5 Å². The smallest absolute Gasteiger partial charge is 0.160 e. The highest BCUT2D eigenvalue weighted by Crippen LogP contribution is 2.31. The van der Waals surface area contributed by atoms with E-state index < -0.39 is 5.54 Å². The molecule has 1 rings (SSSR count). The topological polar surface area (TPSA) is 55.5 Å². The van der Waals surface area contributed by atoms with Crippen LogP contribution in [-0.4, -0.2) is 12.2 Å². The van der Waals surface area contributed by atoms with E-state index in [0.717, 1.165) is 12.0 Å². The van der Waals surface area contributed by atoms with Gasteiger partial charge in [-0.15, -0.1) is 0 Å². The van der Waals surface area contributed by atoms with Gasteiger partial charge in [0.05, 0.1) is 7.11 Å². The summed E-state index contributed by atoms with van der Waals surface area (Å²) in [5.41, 5.74) is 6.56. The maximum atomic E-state index is 9.57. The summed E-state index contributed by atoms with van der Waals surface area (Å²) in [5, 5.41) is 9.57. The van der Waals surface area contributed by atoms with Gasteiger partial charge in [-0.25, -0.2) is 0 Å². The van der Waals surface area contributed by atoms with Crippen molar-refractivity contribution >= 4 is 0 Å². The summed E-state index contributed by atoms with van der Waals surface area (Å²) in [7, 11) is 1.52. The number of hydrogen-bond acceptors (Lipinski definition) is 3. The quantitative estimate of drug-likeness (QED) is 0.775. The van der Waals surface area contributed by atoms with Crippen LogP contribution in [0.5, 0.6) is 11.5 Å². The van der Waals surface area contributed by atoms with E-state index in [0.29, 0.717) is 5.75 Å². The fourth-order valence-corrected chi connectivity index (χ4v) is 1.25. The molecule has 0 spiro atoms. The third-order valence-corrected chi connectivity index (χ3v) is 2.57. The summed E-state index contributed by atoms with van der Waals surface area (Å²) in [5.74, 6) is 0.607. The number of hydrogen-bond donors (Lipinski definition) is 2. The number of methoxy groups -OCH3 is 1. The van der Waals surface area contributed by atoms with E-state index in [2.05, 4.69) is 0 Å². The second kappa shape index (κ2) is 3.88. The Kier molecular flexibility index (Phi) is 3.01. The second-order valence-corrected chi connectivity index (χ2v) is 3.66. The first kappa shape index (κ1) is 10.9. The van der Waals surface area contributed by atoms with Crippen LogP contribution in [0.2, 0.25) is 0 Å². The lowest BCUT2D eigenvalue weighted by molar-refractivity contribution is 0.371. The SMILES string of the molecule is CCC(C)(N)c1ccc(OC)c(O)c1. The van der Waals surface area contributed by atoms with Crippen molar-refractivity contribution in [1.82, 2.24) is 0 Å². The highest BCUT2D eigenvalue weighted by atomic mass is 16.5. The number of nitrogens with two attached hydrogens (primary N) is 1. The maximum Gasteiger partial charge on any atom is 0.160 e. The highest BCUT2D eigenvalue weighted by molar-refractivity contribution is 5.43. The van der Waals surface area contributed by atoms with E-state index in [4.69, 9.17) is 10.5 Å². The van der Waals surface area contributed by atoms with Crippen molar-refractivity contribution in [3.05, 3.63) is 23.8 Å². The first-order chi connectivity index (χ1) is 6.51. The van der Waals surface area contributed by atoms with Crippen LogP contribution >= 0.6 is 0 Å². The van der Waals surface area contributed by atoms with Gasteiger partial charge in [0.1, 0.15) is 0 Å². The summed E-state index contributed by atoms with van der Waals surface area (Å²) in [6.07, 6.45) is 0.818. The first-order valence-electron chi connectivity index (χ1n) is 4.67. The van der Waals surface area contributed by atoms with E-state index in [9.17, 15) is 5.11 Å². The zero-order chi connectivity index (χ0) is 10.8. The van der Waals surface area contributed by atoms with Crippen LogP contribution in [-0.2, 0) is 5.54 Å². The molecule has 0 heterocycles. The average molecular weight is 195 g/mol. The molecule has 78 valence electrons. The normalized spacial score (nSPS) is 14.9. The zero-order valence-electron chi connectivity index (χ0n) is 8.87. The second-order valence-electron chi connectivity index (χ2n) is 3.66. The van der Waals surface area contributed by atoms with Crippen molar-refractivity contribution < 1.29 is 9.84 Å². The minimum atomic E-state index is -0.399. The van der Waals surface area contributed by atoms with Gasteiger partial charge in [0.25, 0.3) is 0 Å². The van der Waals surface area contributed by atoms with Crippen LogP contribution in [0.15, 0.2) is 18.2 Å². The van der Waals surface area contributed by atoms with Crippen LogP contribution in [0, 0.1) is 0 Å². The number of benzene rings is 1. The summed E-state index contributed by atoms with van der Waals surface area (Å²) < 4.78 is 4.96. The van der Waals surface area contributed by atoms with Gasteiger partial charge in [0.15, 0.2) is 11.5 Å². The van der Waals surface area contributed by atoms with Crippen molar-refractivity contribution in [2.24, 2.45) is 5.73 Å². The van der Waals surface area contributed by atoms with Crippen molar-refractivity contribution in [3.8, 4) is 11.5 Å². The van der Waals surface area contributed by atoms with E-state index >= 15 is 0 Å². The lowest BCUT2D eigenvalue weighted by atomic mass is 9.90. The Labute approximate surface area is 84.5 Å². The molecule has 0 amide bonds. The molecule has 1 atom stereocenters. The van der Waals surface area contributed by atoms with Crippen LogP contribution in [0.3, 0.4) is 0 Å². The largest absolute Gasteiger partial charge is 0.504 e. The zero-order valence-corrected chi connectivity index (χ0v) is 8.87. The minimum absolute atomic E-state index is 0.134. The molecule has 3 nitrogen and oxygen atoms in total. The van der Waals surface area contributed by atoms with Gasteiger partial charge in [-0.2, -0.15) is 0 Å². The number of ether oxygens (including phenoxy) is 1. The Morgan fingerprint density at radius 2 is 2.14 bits per heavy atom. The maximum absolute atomic E-state index is 9.57. The summed E-state index contributed by atoms with van der Waals surface area (Å²) in [6.45, 7) is 3.95. The third kappa shape index (κ3) is 1.99. The molecule has 14 heavy (non-hydrogen) atoms. The Morgan fingerprint density at radius 3 is 2.57 bits per heavy atom. The van der Waals surface area contributed by atoms with Crippen molar-refractivity contribution in [1.29, 1.82) is 0 Å². The lowest BCUT2D eigenvalue weighted by Crippen LogP contribution is -2.31. The Balaban J connectivity index is 3.08. The predicted molar refractivity (Wildman–Crippen MR) is 56.5 cm³/mol. The van der Waals surface area contributed by atoms with Gasteiger partial charge < -0.3 is 15.6 Å². The molecule has 0 saturated carbocycles. The minimum Gasteiger partial charge on any atom is -0.504 e. The van der Waals surface area contributed by atoms with E-state index in [1.54, 1.807) is 12.1 Å². The molecule has 0 aromatic heterocycles. The standard InChI is InChI=1S/C11H17NO2/c1-4-11(2,12)8-5-6-10(14-3)9(13)7-8/h5-7,13H,4,12H2,1-3H3. The Morgan fingerprint density at radius 1 is 1.50 bits per heavy atom. The molecule has 3 heteroatoms. The molecule has 1 aromatic rings. The van der Waals surface area contributed by atoms with Crippen LogP contribution in [0.4, 0.5) is 0 Å². The van der Waals surface area contributed by atoms with Gasteiger partial charge in [-0.3, -0.25) is 0 Å². The number of rotatable bonds is 3. The van der Waals surface area contributed by atoms with Gasteiger partial charge in [0.2, 0.25) is 0 Å². The molecule has 0 saturated heterocycles. The summed E-state index contributed by atoms with van der Waals surface area (Å²) in [4.78, 5) is 0. The lowest BCUT2D eigenvalue weighted by Gasteiger charge is -2.23. The molecule has 3 N–H and O–H groups in total. The number of aromatic hydroxyl groups is 1. The molecule has 0 aliphatic rings. The van der Waals surface area contributed by atoms with E-state index in [-0.39, 0.29) is 5.75 Å². The van der Waals surface area contributed by atoms with Crippen LogP contribution in [0.1, 0.15) is 25.8 Å². The monoisotopic (exact) mass is 195 g/mol. The number of phenols is 1. The van der Waals surface area contributed by atoms with Gasteiger partial charge >= 0.3 is 0 Å². The fraction of sp³-hybridized carbons (Fsp3) is 0.455. The van der Waals surface area contributed by atoms with Gasteiger partial charge in [-0.1, -0.05) is 13.0 Å². The molecule has 1 unspecified atom stereocenters. The molecular weight excluding hydrogens is 178 g/mol. The predicted octanol–water partition coefficient (Wildman–Crippen LogP) is 1.98. The fourth-order valence-electron chi connectivity index (χ4n) is 1.25. The average Bonchev–Trinajstić information content (AvgIpc) is 2.17. The Bertz CT molecular complexity index is 321. The number of phenolic OH excluding ortho intramolecular Hbond substituents is 1. The molecule has 0 aliphatic heterocycles. The highest BCUT2D eigenvalue weighted by Gasteiger charge is 2.19. The van der Waals surface area contributed by atoms with Crippen LogP contribution in [0.25, 0.3) is 0 Å². The molecule has 0 fully saturated rings. The Hall–Kier alpha value is -1.22. The van der Waals surface area contributed by atoms with Crippen molar-refractivity contribution in [2.45, 2.75) is 25.8 Å². The van der Waals surface area contributed by atoms with Crippen molar-refractivity contribution in [2.75, 3.05) is 7.11 Å².